The molecule has 0 amide bonds. The van der Waals surface area contributed by atoms with Crippen LogP contribution in [-0.4, -0.2) is 30.7 Å². The minimum atomic E-state index is 0.757. The molecule has 0 bridgehead atoms. The van der Waals surface area contributed by atoms with Gasteiger partial charge < -0.3 is 4.90 Å². The fourth-order valence-electron chi connectivity index (χ4n) is 2.17. The average Bonchev–Trinajstić information content (AvgIpc) is 2.06. The molecule has 0 radical (unpaired) electrons. The van der Waals surface area contributed by atoms with Gasteiger partial charge in [0.1, 0.15) is 6.71 Å². The second-order valence-electron chi connectivity index (χ2n) is 4.36. The maximum Gasteiger partial charge on any atom is 0.142 e. The van der Waals surface area contributed by atoms with E-state index in [-0.39, 0.29) is 0 Å². The molecule has 0 atom stereocenters. The summed E-state index contributed by atoms with van der Waals surface area (Å²) in [6.07, 6.45) is 5.69. The Balaban J connectivity index is 2.20. The summed E-state index contributed by atoms with van der Waals surface area (Å²) in [6.45, 7) is 10.6. The van der Waals surface area contributed by atoms with Gasteiger partial charge in [0.2, 0.25) is 0 Å². The highest BCUT2D eigenvalue weighted by Crippen LogP contribution is 2.17. The van der Waals surface area contributed by atoms with Gasteiger partial charge in [0.05, 0.1) is 0 Å². The molecule has 0 aromatic carbocycles. The molecule has 0 N–H and O–H groups in total. The first kappa shape index (κ1) is 10.1. The first-order chi connectivity index (χ1) is 5.74. The first-order valence-electron chi connectivity index (χ1n) is 5.48. The minimum absolute atomic E-state index is 0.757. The first-order valence-corrected chi connectivity index (χ1v) is 5.48. The summed E-state index contributed by atoms with van der Waals surface area (Å²) in [5.74, 6) is 0. The third-order valence-corrected chi connectivity index (χ3v) is 3.08. The molecule has 1 heterocycles. The van der Waals surface area contributed by atoms with Crippen LogP contribution in [0.2, 0.25) is 19.0 Å². The highest BCUT2D eigenvalue weighted by atomic mass is 15.1. The Bertz CT molecular complexity index is 117. The minimum Gasteiger partial charge on any atom is -0.302 e. The van der Waals surface area contributed by atoms with Crippen molar-refractivity contribution in [1.29, 1.82) is 0 Å². The van der Waals surface area contributed by atoms with Crippen LogP contribution in [-0.2, 0) is 0 Å². The molecule has 0 spiro atoms. The number of nitrogens with zero attached hydrogens (tertiary/aromatic N) is 1. The summed E-state index contributed by atoms with van der Waals surface area (Å²) in [4.78, 5) is 2.60. The monoisotopic (exact) mass is 167 g/mol. The molecule has 1 aliphatic rings. The SMILES string of the molecule is CCCB1CCN(C(C)C)CC1. The van der Waals surface area contributed by atoms with Crippen LogP contribution in [0.5, 0.6) is 0 Å². The van der Waals surface area contributed by atoms with Gasteiger partial charge in [-0.1, -0.05) is 32.3 Å². The predicted molar refractivity (Wildman–Crippen MR) is 57.2 cm³/mol. The van der Waals surface area contributed by atoms with E-state index < -0.39 is 0 Å². The summed E-state index contributed by atoms with van der Waals surface area (Å²) in [5, 5.41) is 0. The normalized spacial score (nSPS) is 20.5. The van der Waals surface area contributed by atoms with Crippen molar-refractivity contribution in [3.8, 4) is 0 Å². The van der Waals surface area contributed by atoms with Crippen LogP contribution in [0.25, 0.3) is 0 Å². The van der Waals surface area contributed by atoms with Crippen molar-refractivity contribution < 1.29 is 0 Å². The Hall–Kier alpha value is 0.0249. The zero-order chi connectivity index (χ0) is 8.97. The molecule has 1 aliphatic heterocycles. The lowest BCUT2D eigenvalue weighted by Crippen LogP contribution is -2.40. The second-order valence-corrected chi connectivity index (χ2v) is 4.36. The van der Waals surface area contributed by atoms with E-state index in [1.165, 1.54) is 38.5 Å². The highest BCUT2D eigenvalue weighted by molar-refractivity contribution is 6.59. The quantitative estimate of drug-likeness (QED) is 0.584. The molecule has 12 heavy (non-hydrogen) atoms. The lowest BCUT2D eigenvalue weighted by molar-refractivity contribution is 0.236. The number of hydrogen-bond acceptors (Lipinski definition) is 1. The van der Waals surface area contributed by atoms with Crippen molar-refractivity contribution in [3.63, 3.8) is 0 Å². The maximum absolute atomic E-state index is 2.60. The van der Waals surface area contributed by atoms with Gasteiger partial charge in [-0.05, 0) is 26.9 Å². The van der Waals surface area contributed by atoms with Gasteiger partial charge in [-0.25, -0.2) is 0 Å². The Morgan fingerprint density at radius 1 is 1.25 bits per heavy atom. The van der Waals surface area contributed by atoms with Crippen LogP contribution in [0.15, 0.2) is 0 Å². The van der Waals surface area contributed by atoms with Crippen molar-refractivity contribution >= 4 is 6.71 Å². The molecule has 2 heteroatoms. The van der Waals surface area contributed by atoms with Gasteiger partial charge in [-0.3, -0.25) is 0 Å². The van der Waals surface area contributed by atoms with E-state index in [9.17, 15) is 0 Å². The average molecular weight is 167 g/mol. The smallest absolute Gasteiger partial charge is 0.142 e. The van der Waals surface area contributed by atoms with E-state index in [1.54, 1.807) is 0 Å². The maximum atomic E-state index is 2.60. The standard InChI is InChI=1S/C10H22BN/c1-4-5-11-6-8-12(9-7-11)10(2)3/h10H,4-9H2,1-3H3. The molecule has 1 saturated heterocycles. The predicted octanol–water partition coefficient (Wildman–Crippen LogP) is 2.62. The topological polar surface area (TPSA) is 3.24 Å². The zero-order valence-corrected chi connectivity index (χ0v) is 8.84. The van der Waals surface area contributed by atoms with Gasteiger partial charge in [-0.2, -0.15) is 0 Å². The summed E-state index contributed by atoms with van der Waals surface area (Å²) in [5.41, 5.74) is 0. The second kappa shape index (κ2) is 4.91. The van der Waals surface area contributed by atoms with E-state index in [4.69, 9.17) is 0 Å². The van der Waals surface area contributed by atoms with Crippen LogP contribution < -0.4 is 0 Å². The summed E-state index contributed by atoms with van der Waals surface area (Å²) >= 11 is 0. The van der Waals surface area contributed by atoms with E-state index >= 15 is 0 Å². The van der Waals surface area contributed by atoms with Crippen molar-refractivity contribution in [1.82, 2.24) is 4.90 Å². The van der Waals surface area contributed by atoms with Gasteiger partial charge in [0.15, 0.2) is 0 Å². The summed E-state index contributed by atoms with van der Waals surface area (Å²) in [7, 11) is 0. The van der Waals surface area contributed by atoms with Crippen LogP contribution in [0.4, 0.5) is 0 Å². The summed E-state index contributed by atoms with van der Waals surface area (Å²) < 4.78 is 0. The van der Waals surface area contributed by atoms with Gasteiger partial charge in [-0.15, -0.1) is 0 Å². The number of rotatable bonds is 3. The molecule has 1 nitrogen and oxygen atoms in total. The van der Waals surface area contributed by atoms with Crippen molar-refractivity contribution in [2.24, 2.45) is 0 Å². The Labute approximate surface area is 77.6 Å². The molecule has 0 aromatic rings. The molecular formula is C10H22BN. The lowest BCUT2D eigenvalue weighted by atomic mass is 9.41. The zero-order valence-electron chi connectivity index (χ0n) is 8.84. The Morgan fingerprint density at radius 3 is 2.25 bits per heavy atom. The van der Waals surface area contributed by atoms with Crippen molar-refractivity contribution in [2.45, 2.75) is 52.2 Å². The number of hydrogen-bond donors (Lipinski definition) is 0. The molecule has 0 aliphatic carbocycles. The van der Waals surface area contributed by atoms with Crippen LogP contribution in [0.3, 0.4) is 0 Å². The molecule has 70 valence electrons. The van der Waals surface area contributed by atoms with Gasteiger partial charge in [0, 0.05) is 6.04 Å². The van der Waals surface area contributed by atoms with Crippen molar-refractivity contribution in [3.05, 3.63) is 0 Å². The molecule has 1 rings (SSSR count). The van der Waals surface area contributed by atoms with E-state index in [0.29, 0.717) is 0 Å². The van der Waals surface area contributed by atoms with E-state index in [1.807, 2.05) is 0 Å². The summed E-state index contributed by atoms with van der Waals surface area (Å²) in [6, 6.07) is 0.757. The fraction of sp³-hybridized carbons (Fsp3) is 1.00. The van der Waals surface area contributed by atoms with Crippen LogP contribution >= 0.6 is 0 Å². The fourth-order valence-corrected chi connectivity index (χ4v) is 2.17. The third-order valence-electron chi connectivity index (χ3n) is 3.08. The van der Waals surface area contributed by atoms with Gasteiger partial charge >= 0.3 is 0 Å². The molecule has 0 saturated carbocycles. The van der Waals surface area contributed by atoms with Gasteiger partial charge in [0.25, 0.3) is 0 Å². The molecule has 1 fully saturated rings. The highest BCUT2D eigenvalue weighted by Gasteiger charge is 2.22. The molecule has 0 aromatic heterocycles. The lowest BCUT2D eigenvalue weighted by Gasteiger charge is -2.33. The van der Waals surface area contributed by atoms with Crippen molar-refractivity contribution in [2.75, 3.05) is 13.1 Å². The third kappa shape index (κ3) is 2.82. The van der Waals surface area contributed by atoms with E-state index in [2.05, 4.69) is 25.7 Å². The van der Waals surface area contributed by atoms with Crippen LogP contribution in [0, 0.1) is 0 Å². The largest absolute Gasteiger partial charge is 0.302 e. The Morgan fingerprint density at radius 2 is 1.83 bits per heavy atom. The molecule has 0 unspecified atom stereocenters. The van der Waals surface area contributed by atoms with Crippen LogP contribution in [0.1, 0.15) is 27.2 Å². The Kier molecular flexibility index (Phi) is 4.13. The van der Waals surface area contributed by atoms with E-state index in [0.717, 1.165) is 12.8 Å². The molecular weight excluding hydrogens is 145 g/mol.